The molecule has 0 bridgehead atoms. The van der Waals surface area contributed by atoms with Crippen LogP contribution in [-0.4, -0.2) is 13.7 Å². The van der Waals surface area contributed by atoms with Gasteiger partial charge in [0.2, 0.25) is 0 Å². The van der Waals surface area contributed by atoms with Crippen LogP contribution in [0.15, 0.2) is 53.0 Å². The van der Waals surface area contributed by atoms with E-state index in [-0.39, 0.29) is 0 Å². The minimum absolute atomic E-state index is 0.304. The van der Waals surface area contributed by atoms with Crippen molar-refractivity contribution >= 4 is 15.9 Å². The summed E-state index contributed by atoms with van der Waals surface area (Å²) in [5.41, 5.74) is 2.59. The summed E-state index contributed by atoms with van der Waals surface area (Å²) in [6.07, 6.45) is 2.10. The van der Waals surface area contributed by atoms with Gasteiger partial charge in [0.05, 0.1) is 7.11 Å². The fraction of sp³-hybridized carbons (Fsp3) is 0.333. The first-order valence-corrected chi connectivity index (χ1v) is 8.14. The third-order valence-electron chi connectivity index (χ3n) is 3.59. The monoisotopic (exact) mass is 347 g/mol. The van der Waals surface area contributed by atoms with Crippen LogP contribution in [0.5, 0.6) is 5.75 Å². The van der Waals surface area contributed by atoms with Gasteiger partial charge in [-0.15, -0.1) is 0 Å². The van der Waals surface area contributed by atoms with Crippen LogP contribution in [0.25, 0.3) is 0 Å². The Balaban J connectivity index is 2.15. The van der Waals surface area contributed by atoms with Crippen molar-refractivity contribution in [2.75, 3.05) is 13.7 Å². The lowest BCUT2D eigenvalue weighted by atomic mass is 9.98. The molecule has 2 nitrogen and oxygen atoms in total. The van der Waals surface area contributed by atoms with Crippen LogP contribution in [0.4, 0.5) is 0 Å². The average Bonchev–Trinajstić information content (AvgIpc) is 2.52. The van der Waals surface area contributed by atoms with E-state index in [0.29, 0.717) is 6.04 Å². The molecule has 0 radical (unpaired) electrons. The summed E-state index contributed by atoms with van der Waals surface area (Å²) in [6.45, 7) is 3.08. The van der Waals surface area contributed by atoms with E-state index in [1.54, 1.807) is 7.11 Å². The Morgan fingerprint density at radius 3 is 2.57 bits per heavy atom. The summed E-state index contributed by atoms with van der Waals surface area (Å²) in [5, 5.41) is 3.57. The zero-order chi connectivity index (χ0) is 15.1. The van der Waals surface area contributed by atoms with Gasteiger partial charge in [-0.2, -0.15) is 0 Å². The quantitative estimate of drug-likeness (QED) is 0.780. The van der Waals surface area contributed by atoms with Crippen molar-refractivity contribution < 1.29 is 4.74 Å². The Morgan fingerprint density at radius 2 is 1.90 bits per heavy atom. The number of hydrogen-bond donors (Lipinski definition) is 1. The Bertz CT molecular complexity index is 556. The molecule has 0 fully saturated rings. The normalized spacial score (nSPS) is 12.1. The second-order valence-corrected chi connectivity index (χ2v) is 5.94. The number of hydrogen-bond acceptors (Lipinski definition) is 2. The highest BCUT2D eigenvalue weighted by Crippen LogP contribution is 2.31. The Labute approximate surface area is 135 Å². The van der Waals surface area contributed by atoms with Gasteiger partial charge in [0.15, 0.2) is 0 Å². The zero-order valence-corrected chi connectivity index (χ0v) is 14.2. The molecule has 112 valence electrons. The summed E-state index contributed by atoms with van der Waals surface area (Å²) < 4.78 is 6.58. The third kappa shape index (κ3) is 4.58. The highest BCUT2D eigenvalue weighted by Gasteiger charge is 2.15. The third-order valence-corrected chi connectivity index (χ3v) is 4.08. The molecule has 0 aliphatic rings. The van der Waals surface area contributed by atoms with Crippen molar-refractivity contribution in [1.82, 2.24) is 5.32 Å². The van der Waals surface area contributed by atoms with Gasteiger partial charge in [-0.05, 0) is 37.1 Å². The van der Waals surface area contributed by atoms with Gasteiger partial charge < -0.3 is 10.1 Å². The first-order valence-electron chi connectivity index (χ1n) is 7.35. The number of halogens is 1. The average molecular weight is 348 g/mol. The molecule has 0 aromatic heterocycles. The highest BCUT2D eigenvalue weighted by atomic mass is 79.9. The topological polar surface area (TPSA) is 21.3 Å². The second kappa shape index (κ2) is 8.20. The molecular formula is C18H22BrNO. The number of methoxy groups -OCH3 is 1. The van der Waals surface area contributed by atoms with Crippen LogP contribution < -0.4 is 10.1 Å². The van der Waals surface area contributed by atoms with Crippen molar-refractivity contribution in [2.45, 2.75) is 25.8 Å². The van der Waals surface area contributed by atoms with Crippen molar-refractivity contribution in [3.63, 3.8) is 0 Å². The molecule has 0 aliphatic carbocycles. The molecule has 0 aliphatic heterocycles. The molecule has 0 amide bonds. The van der Waals surface area contributed by atoms with Crippen molar-refractivity contribution in [2.24, 2.45) is 0 Å². The van der Waals surface area contributed by atoms with Crippen LogP contribution >= 0.6 is 15.9 Å². The molecule has 0 saturated carbocycles. The van der Waals surface area contributed by atoms with Gasteiger partial charge in [-0.3, -0.25) is 0 Å². The van der Waals surface area contributed by atoms with Crippen LogP contribution in [0, 0.1) is 0 Å². The van der Waals surface area contributed by atoms with E-state index in [2.05, 4.69) is 70.6 Å². The second-order valence-electron chi connectivity index (χ2n) is 5.02. The molecule has 0 heterocycles. The van der Waals surface area contributed by atoms with Crippen molar-refractivity contribution in [3.05, 3.63) is 64.1 Å². The summed E-state index contributed by atoms with van der Waals surface area (Å²) in [7, 11) is 1.73. The van der Waals surface area contributed by atoms with E-state index in [1.165, 1.54) is 11.1 Å². The van der Waals surface area contributed by atoms with E-state index in [0.717, 1.165) is 29.6 Å². The SMILES string of the molecule is CCNC(CCc1ccccc1)c1ccc(Br)cc1OC. The van der Waals surface area contributed by atoms with Crippen molar-refractivity contribution in [1.29, 1.82) is 0 Å². The minimum Gasteiger partial charge on any atom is -0.496 e. The maximum absolute atomic E-state index is 5.54. The van der Waals surface area contributed by atoms with E-state index < -0.39 is 0 Å². The van der Waals surface area contributed by atoms with Gasteiger partial charge in [0, 0.05) is 16.1 Å². The zero-order valence-electron chi connectivity index (χ0n) is 12.6. The van der Waals surface area contributed by atoms with E-state index in [4.69, 9.17) is 4.74 Å². The lowest BCUT2D eigenvalue weighted by Crippen LogP contribution is -2.22. The standard InChI is InChI=1S/C18H22BrNO/c1-3-20-17(12-9-14-7-5-4-6-8-14)16-11-10-15(19)13-18(16)21-2/h4-8,10-11,13,17,20H,3,9,12H2,1-2H3. The molecular weight excluding hydrogens is 326 g/mol. The molecule has 1 atom stereocenters. The summed E-state index contributed by atoms with van der Waals surface area (Å²) in [6, 6.07) is 17.2. The summed E-state index contributed by atoms with van der Waals surface area (Å²) in [5.74, 6) is 0.934. The number of ether oxygens (including phenoxy) is 1. The number of aryl methyl sites for hydroxylation is 1. The van der Waals surface area contributed by atoms with Gasteiger partial charge in [-0.1, -0.05) is 59.3 Å². The Morgan fingerprint density at radius 1 is 1.14 bits per heavy atom. The van der Waals surface area contributed by atoms with Crippen LogP contribution in [0.2, 0.25) is 0 Å². The summed E-state index contributed by atoms with van der Waals surface area (Å²) in [4.78, 5) is 0. The number of rotatable bonds is 7. The largest absolute Gasteiger partial charge is 0.496 e. The predicted molar refractivity (Wildman–Crippen MR) is 91.9 cm³/mol. The Kier molecular flexibility index (Phi) is 6.27. The number of nitrogens with one attached hydrogen (secondary N) is 1. The Hall–Kier alpha value is -1.32. The molecule has 1 unspecified atom stereocenters. The molecule has 3 heteroatoms. The smallest absolute Gasteiger partial charge is 0.124 e. The van der Waals surface area contributed by atoms with E-state index in [1.807, 2.05) is 6.07 Å². The molecule has 2 aromatic carbocycles. The van der Waals surface area contributed by atoms with Gasteiger partial charge >= 0.3 is 0 Å². The van der Waals surface area contributed by atoms with Crippen LogP contribution in [0.1, 0.15) is 30.5 Å². The molecule has 2 aromatic rings. The van der Waals surface area contributed by atoms with Gasteiger partial charge in [0.25, 0.3) is 0 Å². The lowest BCUT2D eigenvalue weighted by Gasteiger charge is -2.21. The summed E-state index contributed by atoms with van der Waals surface area (Å²) >= 11 is 3.50. The predicted octanol–water partition coefficient (Wildman–Crippen LogP) is 4.74. The first kappa shape index (κ1) is 16.1. The van der Waals surface area contributed by atoms with E-state index in [9.17, 15) is 0 Å². The molecule has 0 spiro atoms. The van der Waals surface area contributed by atoms with Gasteiger partial charge in [0.1, 0.15) is 5.75 Å². The van der Waals surface area contributed by atoms with Crippen LogP contribution in [0.3, 0.4) is 0 Å². The maximum Gasteiger partial charge on any atom is 0.124 e. The lowest BCUT2D eigenvalue weighted by molar-refractivity contribution is 0.396. The van der Waals surface area contributed by atoms with Gasteiger partial charge in [-0.25, -0.2) is 0 Å². The molecule has 2 rings (SSSR count). The minimum atomic E-state index is 0.304. The first-order chi connectivity index (χ1) is 10.2. The molecule has 1 N–H and O–H groups in total. The van der Waals surface area contributed by atoms with E-state index >= 15 is 0 Å². The highest BCUT2D eigenvalue weighted by molar-refractivity contribution is 9.10. The van der Waals surface area contributed by atoms with Crippen LogP contribution in [-0.2, 0) is 6.42 Å². The van der Waals surface area contributed by atoms with Crippen molar-refractivity contribution in [3.8, 4) is 5.75 Å². The molecule has 0 saturated heterocycles. The fourth-order valence-corrected chi connectivity index (χ4v) is 2.88. The maximum atomic E-state index is 5.54. The molecule has 21 heavy (non-hydrogen) atoms. The number of benzene rings is 2. The fourth-order valence-electron chi connectivity index (χ4n) is 2.54.